The summed E-state index contributed by atoms with van der Waals surface area (Å²) in [5.41, 5.74) is 0.703. The van der Waals surface area contributed by atoms with E-state index in [-0.39, 0.29) is 17.9 Å². The summed E-state index contributed by atoms with van der Waals surface area (Å²) in [6.45, 7) is 2.86. The van der Waals surface area contributed by atoms with Crippen LogP contribution in [0.5, 0.6) is 0 Å². The number of unbranched alkanes of at least 4 members (excludes halogenated alkanes) is 1. The predicted octanol–water partition coefficient (Wildman–Crippen LogP) is 2.69. The maximum Gasteiger partial charge on any atom is 0.326 e. The highest BCUT2D eigenvalue weighted by molar-refractivity contribution is 5.90. The fraction of sp³-hybridized carbons (Fsp3) is 0.526. The molecule has 7 nitrogen and oxygen atoms in total. The molecule has 1 aromatic carbocycles. The van der Waals surface area contributed by atoms with Gasteiger partial charge >= 0.3 is 12.0 Å². The Hall–Kier alpha value is -2.57. The highest BCUT2D eigenvalue weighted by Crippen LogP contribution is 2.18. The van der Waals surface area contributed by atoms with Gasteiger partial charge in [-0.2, -0.15) is 0 Å². The van der Waals surface area contributed by atoms with Crippen molar-refractivity contribution in [3.05, 3.63) is 30.3 Å². The number of hydrogen-bond donors (Lipinski definition) is 3. The van der Waals surface area contributed by atoms with Crippen molar-refractivity contribution in [2.75, 3.05) is 18.4 Å². The molecule has 3 N–H and O–H groups in total. The zero-order valence-corrected chi connectivity index (χ0v) is 15.1. The number of likely N-dealkylation sites (tertiary alicyclic amines) is 1. The molecular weight excluding hydrogens is 334 g/mol. The van der Waals surface area contributed by atoms with E-state index in [1.54, 1.807) is 17.0 Å². The summed E-state index contributed by atoms with van der Waals surface area (Å²) in [4.78, 5) is 37.8. The van der Waals surface area contributed by atoms with Crippen molar-refractivity contribution in [3.63, 3.8) is 0 Å². The molecule has 1 fully saturated rings. The SMILES string of the molecule is CCCC[C@H](NC(=O)C1CCCN(C(=O)Nc2ccccc2)C1)C(=O)O. The second-order valence-corrected chi connectivity index (χ2v) is 6.62. The normalized spacial score (nSPS) is 18.0. The monoisotopic (exact) mass is 361 g/mol. The van der Waals surface area contributed by atoms with E-state index in [0.29, 0.717) is 38.0 Å². The van der Waals surface area contributed by atoms with Crippen LogP contribution >= 0.6 is 0 Å². The first-order valence-corrected chi connectivity index (χ1v) is 9.15. The number of aliphatic carboxylic acids is 1. The van der Waals surface area contributed by atoms with Crippen molar-refractivity contribution in [1.82, 2.24) is 10.2 Å². The molecule has 0 aromatic heterocycles. The second kappa shape index (κ2) is 9.79. The Balaban J connectivity index is 1.90. The van der Waals surface area contributed by atoms with Crippen LogP contribution in [0.25, 0.3) is 0 Å². The van der Waals surface area contributed by atoms with Crippen molar-refractivity contribution < 1.29 is 19.5 Å². The molecule has 2 rings (SSSR count). The number of hydrogen-bond acceptors (Lipinski definition) is 3. The van der Waals surface area contributed by atoms with E-state index >= 15 is 0 Å². The molecule has 1 aliphatic rings. The molecule has 7 heteroatoms. The van der Waals surface area contributed by atoms with Gasteiger partial charge in [0.05, 0.1) is 5.92 Å². The van der Waals surface area contributed by atoms with E-state index in [4.69, 9.17) is 0 Å². The van der Waals surface area contributed by atoms with Crippen LogP contribution < -0.4 is 10.6 Å². The second-order valence-electron chi connectivity index (χ2n) is 6.62. The van der Waals surface area contributed by atoms with Crippen molar-refractivity contribution in [1.29, 1.82) is 0 Å². The van der Waals surface area contributed by atoms with Gasteiger partial charge in [0.2, 0.25) is 5.91 Å². The van der Waals surface area contributed by atoms with Crippen LogP contribution in [-0.2, 0) is 9.59 Å². The molecule has 1 heterocycles. The number of urea groups is 1. The molecule has 2 atom stereocenters. The third-order valence-corrected chi connectivity index (χ3v) is 4.57. The Morgan fingerprint density at radius 1 is 1.27 bits per heavy atom. The number of amides is 3. The maximum absolute atomic E-state index is 12.5. The number of carbonyl (C=O) groups excluding carboxylic acids is 2. The minimum atomic E-state index is -1.01. The summed E-state index contributed by atoms with van der Waals surface area (Å²) in [5.74, 6) is -1.68. The van der Waals surface area contributed by atoms with E-state index in [2.05, 4.69) is 10.6 Å². The van der Waals surface area contributed by atoms with Crippen LogP contribution in [0.2, 0.25) is 0 Å². The maximum atomic E-state index is 12.5. The van der Waals surface area contributed by atoms with Crippen LogP contribution in [-0.4, -0.2) is 47.0 Å². The molecular formula is C19H27N3O4. The zero-order valence-electron chi connectivity index (χ0n) is 15.1. The summed E-state index contributed by atoms with van der Waals surface area (Å²) in [7, 11) is 0. The molecule has 1 unspecified atom stereocenters. The first kappa shape index (κ1) is 19.8. The van der Waals surface area contributed by atoms with Gasteiger partial charge < -0.3 is 20.6 Å². The fourth-order valence-corrected chi connectivity index (χ4v) is 3.05. The Labute approximate surface area is 153 Å². The lowest BCUT2D eigenvalue weighted by Gasteiger charge is -2.32. The van der Waals surface area contributed by atoms with Gasteiger partial charge in [0.1, 0.15) is 6.04 Å². The average Bonchev–Trinajstić information content (AvgIpc) is 2.65. The summed E-state index contributed by atoms with van der Waals surface area (Å²) in [6, 6.07) is 8.04. The fourth-order valence-electron chi connectivity index (χ4n) is 3.05. The van der Waals surface area contributed by atoms with Crippen molar-refractivity contribution in [2.45, 2.75) is 45.1 Å². The lowest BCUT2D eigenvalue weighted by atomic mass is 9.96. The zero-order chi connectivity index (χ0) is 18.9. The average molecular weight is 361 g/mol. The number of benzene rings is 1. The van der Waals surface area contributed by atoms with E-state index in [1.807, 2.05) is 25.1 Å². The lowest BCUT2D eigenvalue weighted by Crippen LogP contribution is -2.50. The molecule has 0 aliphatic carbocycles. The van der Waals surface area contributed by atoms with Crippen molar-refractivity contribution in [2.24, 2.45) is 5.92 Å². The van der Waals surface area contributed by atoms with Crippen LogP contribution in [0, 0.1) is 5.92 Å². The molecule has 1 saturated heterocycles. The molecule has 3 amide bonds. The minimum absolute atomic E-state index is 0.241. The van der Waals surface area contributed by atoms with Crippen LogP contribution in [0.3, 0.4) is 0 Å². The lowest BCUT2D eigenvalue weighted by molar-refractivity contribution is -0.143. The van der Waals surface area contributed by atoms with Crippen LogP contribution in [0.4, 0.5) is 10.5 Å². The standard InChI is InChI=1S/C19H27N3O4/c1-2-3-11-16(18(24)25)21-17(23)14-8-7-12-22(13-14)19(26)20-15-9-5-4-6-10-15/h4-6,9-10,14,16H,2-3,7-8,11-13H2,1H3,(H,20,26)(H,21,23)(H,24,25)/t14?,16-/m0/s1. The van der Waals surface area contributed by atoms with Gasteiger partial charge in [0.25, 0.3) is 0 Å². The number of nitrogens with zero attached hydrogens (tertiary/aromatic N) is 1. The Morgan fingerprint density at radius 2 is 2.00 bits per heavy atom. The smallest absolute Gasteiger partial charge is 0.326 e. The Kier molecular flexibility index (Phi) is 7.44. The Bertz CT molecular complexity index is 620. The number of piperidine rings is 1. The first-order chi connectivity index (χ1) is 12.5. The van der Waals surface area contributed by atoms with Gasteiger partial charge in [-0.25, -0.2) is 9.59 Å². The topological polar surface area (TPSA) is 98.7 Å². The molecule has 0 radical (unpaired) electrons. The Morgan fingerprint density at radius 3 is 2.65 bits per heavy atom. The van der Waals surface area contributed by atoms with E-state index in [0.717, 1.165) is 12.8 Å². The number of anilines is 1. The molecule has 0 spiro atoms. The molecule has 0 saturated carbocycles. The third-order valence-electron chi connectivity index (χ3n) is 4.57. The van der Waals surface area contributed by atoms with Crippen LogP contribution in [0.15, 0.2) is 30.3 Å². The summed E-state index contributed by atoms with van der Waals surface area (Å²) in [6.07, 6.45) is 3.40. The number of carboxylic acids is 1. The van der Waals surface area contributed by atoms with Gasteiger partial charge in [0.15, 0.2) is 0 Å². The highest BCUT2D eigenvalue weighted by Gasteiger charge is 2.30. The highest BCUT2D eigenvalue weighted by atomic mass is 16.4. The van der Waals surface area contributed by atoms with E-state index in [1.165, 1.54) is 0 Å². The largest absolute Gasteiger partial charge is 0.480 e. The molecule has 0 bridgehead atoms. The number of nitrogens with one attached hydrogen (secondary N) is 2. The predicted molar refractivity (Wildman–Crippen MR) is 98.8 cm³/mol. The van der Waals surface area contributed by atoms with Crippen LogP contribution in [0.1, 0.15) is 39.0 Å². The number of carbonyl (C=O) groups is 3. The third kappa shape index (κ3) is 5.75. The van der Waals surface area contributed by atoms with E-state index in [9.17, 15) is 19.5 Å². The van der Waals surface area contributed by atoms with Crippen molar-refractivity contribution in [3.8, 4) is 0 Å². The number of rotatable bonds is 7. The van der Waals surface area contributed by atoms with Gasteiger partial charge in [-0.3, -0.25) is 4.79 Å². The summed E-state index contributed by atoms with van der Waals surface area (Å²) < 4.78 is 0. The van der Waals surface area contributed by atoms with Gasteiger partial charge in [0, 0.05) is 18.8 Å². The van der Waals surface area contributed by atoms with Gasteiger partial charge in [-0.05, 0) is 31.4 Å². The molecule has 26 heavy (non-hydrogen) atoms. The van der Waals surface area contributed by atoms with Gasteiger partial charge in [-0.1, -0.05) is 38.0 Å². The number of para-hydroxylation sites is 1. The molecule has 142 valence electrons. The minimum Gasteiger partial charge on any atom is -0.480 e. The quantitative estimate of drug-likeness (QED) is 0.695. The summed E-state index contributed by atoms with van der Waals surface area (Å²) in [5, 5.41) is 14.7. The first-order valence-electron chi connectivity index (χ1n) is 9.15. The van der Waals surface area contributed by atoms with Gasteiger partial charge in [-0.15, -0.1) is 0 Å². The van der Waals surface area contributed by atoms with Crippen molar-refractivity contribution >= 4 is 23.6 Å². The van der Waals surface area contributed by atoms with E-state index < -0.39 is 12.0 Å². The molecule has 1 aliphatic heterocycles. The summed E-state index contributed by atoms with van der Waals surface area (Å²) >= 11 is 0. The molecule has 1 aromatic rings. The number of carboxylic acid groups (broad SMARTS) is 1.